The zero-order valence-electron chi connectivity index (χ0n) is 10.8. The molecule has 100 valence electrons. The van der Waals surface area contributed by atoms with Crippen LogP contribution in [0.4, 0.5) is 5.82 Å². The van der Waals surface area contributed by atoms with Crippen molar-refractivity contribution in [2.45, 2.75) is 6.92 Å². The van der Waals surface area contributed by atoms with Gasteiger partial charge < -0.3 is 10.3 Å². The average molecular weight is 330 g/mol. The summed E-state index contributed by atoms with van der Waals surface area (Å²) in [7, 11) is 0. The van der Waals surface area contributed by atoms with Crippen molar-refractivity contribution < 1.29 is 4.52 Å². The molecule has 2 aromatic heterocycles. The predicted octanol–water partition coefficient (Wildman–Crippen LogP) is 4.06. The van der Waals surface area contributed by atoms with E-state index in [0.29, 0.717) is 11.6 Å². The molecule has 20 heavy (non-hydrogen) atoms. The van der Waals surface area contributed by atoms with Crippen molar-refractivity contribution in [2.24, 2.45) is 0 Å². The third-order valence-corrected chi connectivity index (χ3v) is 4.01. The van der Waals surface area contributed by atoms with E-state index in [4.69, 9.17) is 10.3 Å². The van der Waals surface area contributed by atoms with E-state index < -0.39 is 0 Å². The van der Waals surface area contributed by atoms with Gasteiger partial charge >= 0.3 is 0 Å². The van der Waals surface area contributed by atoms with E-state index in [9.17, 15) is 0 Å². The molecule has 0 fully saturated rings. The van der Waals surface area contributed by atoms with Gasteiger partial charge in [-0.15, -0.1) is 0 Å². The molecule has 0 bridgehead atoms. The fraction of sp³-hybridized carbons (Fsp3) is 0.0667. The molecule has 0 saturated heterocycles. The number of rotatable bonds is 2. The summed E-state index contributed by atoms with van der Waals surface area (Å²) in [6.07, 6.45) is 1.72. The Kier molecular flexibility index (Phi) is 3.28. The van der Waals surface area contributed by atoms with Gasteiger partial charge in [-0.1, -0.05) is 39.3 Å². The molecule has 0 atom stereocenters. The maximum absolute atomic E-state index is 5.94. The third kappa shape index (κ3) is 2.10. The van der Waals surface area contributed by atoms with Gasteiger partial charge in [0.15, 0.2) is 11.6 Å². The fourth-order valence-electron chi connectivity index (χ4n) is 2.10. The molecule has 0 unspecified atom stereocenters. The highest BCUT2D eigenvalue weighted by atomic mass is 79.9. The number of halogens is 1. The third-order valence-electron chi connectivity index (χ3n) is 3.15. The summed E-state index contributed by atoms with van der Waals surface area (Å²) in [5.74, 6) is 0.984. The molecule has 0 aliphatic heterocycles. The highest BCUT2D eigenvalue weighted by Gasteiger charge is 2.20. The topological polar surface area (TPSA) is 64.9 Å². The smallest absolute Gasteiger partial charge is 0.178 e. The lowest BCUT2D eigenvalue weighted by atomic mass is 10.0. The van der Waals surface area contributed by atoms with Gasteiger partial charge in [-0.05, 0) is 30.7 Å². The number of pyridine rings is 1. The SMILES string of the molecule is Cc1c(Br)cccc1-c1onc(N)c1-c1ccccn1. The van der Waals surface area contributed by atoms with Crippen LogP contribution >= 0.6 is 15.9 Å². The molecule has 3 rings (SSSR count). The first kappa shape index (κ1) is 12.9. The van der Waals surface area contributed by atoms with Crippen molar-refractivity contribution in [3.05, 3.63) is 52.6 Å². The first-order valence-corrected chi connectivity index (χ1v) is 6.90. The second-order valence-electron chi connectivity index (χ2n) is 4.40. The van der Waals surface area contributed by atoms with Crippen LogP contribution in [-0.4, -0.2) is 10.1 Å². The Labute approximate surface area is 124 Å². The number of benzene rings is 1. The highest BCUT2D eigenvalue weighted by molar-refractivity contribution is 9.10. The Balaban J connectivity index is 2.24. The lowest BCUT2D eigenvalue weighted by molar-refractivity contribution is 0.436. The van der Waals surface area contributed by atoms with Gasteiger partial charge in [-0.25, -0.2) is 0 Å². The summed E-state index contributed by atoms with van der Waals surface area (Å²) >= 11 is 3.52. The van der Waals surface area contributed by atoms with E-state index in [2.05, 4.69) is 26.1 Å². The Morgan fingerprint density at radius 2 is 2.00 bits per heavy atom. The van der Waals surface area contributed by atoms with E-state index in [0.717, 1.165) is 26.9 Å². The Hall–Kier alpha value is -2.14. The molecule has 2 N–H and O–H groups in total. The Morgan fingerprint density at radius 3 is 2.75 bits per heavy atom. The van der Waals surface area contributed by atoms with E-state index in [-0.39, 0.29) is 0 Å². The molecule has 0 aliphatic rings. The minimum Gasteiger partial charge on any atom is -0.380 e. The summed E-state index contributed by atoms with van der Waals surface area (Å²) < 4.78 is 6.45. The van der Waals surface area contributed by atoms with Gasteiger partial charge in [0.2, 0.25) is 0 Å². The van der Waals surface area contributed by atoms with Crippen LogP contribution in [0.5, 0.6) is 0 Å². The number of hydrogen-bond donors (Lipinski definition) is 1. The molecule has 0 radical (unpaired) electrons. The van der Waals surface area contributed by atoms with Gasteiger partial charge in [0.25, 0.3) is 0 Å². The van der Waals surface area contributed by atoms with Crippen LogP contribution in [-0.2, 0) is 0 Å². The second-order valence-corrected chi connectivity index (χ2v) is 5.25. The Morgan fingerprint density at radius 1 is 1.15 bits per heavy atom. The quantitative estimate of drug-likeness (QED) is 0.770. The lowest BCUT2D eigenvalue weighted by Crippen LogP contribution is -1.91. The normalized spacial score (nSPS) is 10.7. The van der Waals surface area contributed by atoms with Crippen molar-refractivity contribution in [1.29, 1.82) is 0 Å². The zero-order valence-corrected chi connectivity index (χ0v) is 12.4. The molecule has 0 amide bonds. The average Bonchev–Trinajstić information content (AvgIpc) is 2.84. The van der Waals surface area contributed by atoms with E-state index in [1.54, 1.807) is 6.20 Å². The number of anilines is 1. The largest absolute Gasteiger partial charge is 0.380 e. The first-order valence-electron chi connectivity index (χ1n) is 6.10. The lowest BCUT2D eigenvalue weighted by Gasteiger charge is -2.06. The van der Waals surface area contributed by atoms with Crippen molar-refractivity contribution >= 4 is 21.7 Å². The molecular formula is C15H12BrN3O. The molecule has 0 spiro atoms. The van der Waals surface area contributed by atoms with Crippen molar-refractivity contribution in [3.63, 3.8) is 0 Å². The van der Waals surface area contributed by atoms with E-state index in [1.807, 2.05) is 43.3 Å². The molecule has 2 heterocycles. The summed E-state index contributed by atoms with van der Waals surface area (Å²) in [5, 5.41) is 3.89. The van der Waals surface area contributed by atoms with Gasteiger partial charge in [0.1, 0.15) is 0 Å². The van der Waals surface area contributed by atoms with Crippen LogP contribution < -0.4 is 5.73 Å². The van der Waals surface area contributed by atoms with Crippen LogP contribution in [0.2, 0.25) is 0 Å². The number of nitrogens with zero attached hydrogens (tertiary/aromatic N) is 2. The predicted molar refractivity (Wildman–Crippen MR) is 82.0 cm³/mol. The molecular weight excluding hydrogens is 318 g/mol. The number of hydrogen-bond acceptors (Lipinski definition) is 4. The maximum Gasteiger partial charge on any atom is 0.178 e. The molecule has 5 heteroatoms. The van der Waals surface area contributed by atoms with Crippen LogP contribution in [0.1, 0.15) is 5.56 Å². The molecule has 1 aromatic carbocycles. The molecule has 0 aliphatic carbocycles. The summed E-state index contributed by atoms with van der Waals surface area (Å²) in [4.78, 5) is 4.33. The molecule has 4 nitrogen and oxygen atoms in total. The number of nitrogen functional groups attached to an aromatic ring is 1. The summed E-state index contributed by atoms with van der Waals surface area (Å²) in [6, 6.07) is 11.6. The van der Waals surface area contributed by atoms with E-state index >= 15 is 0 Å². The highest BCUT2D eigenvalue weighted by Crippen LogP contribution is 2.38. The molecule has 3 aromatic rings. The van der Waals surface area contributed by atoms with Gasteiger partial charge in [0, 0.05) is 16.2 Å². The van der Waals surface area contributed by atoms with E-state index in [1.165, 1.54) is 0 Å². The Bertz CT molecular complexity index is 753. The summed E-state index contributed by atoms with van der Waals surface area (Å²) in [5.41, 5.74) is 9.44. The van der Waals surface area contributed by atoms with Crippen LogP contribution in [0, 0.1) is 6.92 Å². The monoisotopic (exact) mass is 329 g/mol. The van der Waals surface area contributed by atoms with Crippen LogP contribution in [0.15, 0.2) is 51.6 Å². The first-order chi connectivity index (χ1) is 9.68. The maximum atomic E-state index is 5.94. The molecule has 0 saturated carbocycles. The van der Waals surface area contributed by atoms with Gasteiger partial charge in [-0.2, -0.15) is 0 Å². The van der Waals surface area contributed by atoms with Crippen LogP contribution in [0.25, 0.3) is 22.6 Å². The summed E-state index contributed by atoms with van der Waals surface area (Å²) in [6.45, 7) is 2.01. The minimum absolute atomic E-state index is 0.345. The minimum atomic E-state index is 0.345. The van der Waals surface area contributed by atoms with Crippen molar-refractivity contribution in [1.82, 2.24) is 10.1 Å². The van der Waals surface area contributed by atoms with Crippen molar-refractivity contribution in [3.8, 4) is 22.6 Å². The standard InChI is InChI=1S/C15H12BrN3O/c1-9-10(5-4-6-11(9)16)14-13(15(17)19-20-14)12-7-2-3-8-18-12/h2-8H,1H3,(H2,17,19). The second kappa shape index (κ2) is 5.09. The fourth-order valence-corrected chi connectivity index (χ4v) is 2.46. The number of nitrogens with two attached hydrogens (primary N) is 1. The zero-order chi connectivity index (χ0) is 14.1. The number of aromatic nitrogens is 2. The van der Waals surface area contributed by atoms with Crippen molar-refractivity contribution in [2.75, 3.05) is 5.73 Å². The van der Waals surface area contributed by atoms with Crippen LogP contribution in [0.3, 0.4) is 0 Å². The van der Waals surface area contributed by atoms with Gasteiger partial charge in [-0.3, -0.25) is 4.98 Å². The van der Waals surface area contributed by atoms with Gasteiger partial charge in [0.05, 0.1) is 11.3 Å².